The summed E-state index contributed by atoms with van der Waals surface area (Å²) in [7, 11) is 0. The molecule has 0 atom stereocenters. The van der Waals surface area contributed by atoms with Gasteiger partial charge in [-0.25, -0.2) is 14.2 Å². The van der Waals surface area contributed by atoms with E-state index in [0.29, 0.717) is 44.6 Å². The van der Waals surface area contributed by atoms with E-state index < -0.39 is 0 Å². The standard InChI is InChI=1S/C17H25FN4O3/c1-2-24-17(23)22-9-6-14(7-10-22)21-16(19)20-8-11-25-15-5-3-4-13(18)12-15/h3-5,12,14H,2,6-11H2,1H3,(H3,19,20,21). The van der Waals surface area contributed by atoms with E-state index in [0.717, 1.165) is 12.8 Å². The van der Waals surface area contributed by atoms with Crippen LogP contribution in [0.3, 0.4) is 0 Å². The normalized spacial score (nSPS) is 15.8. The third-order valence-corrected chi connectivity index (χ3v) is 3.81. The van der Waals surface area contributed by atoms with E-state index in [2.05, 4.69) is 10.3 Å². The van der Waals surface area contributed by atoms with E-state index >= 15 is 0 Å². The number of rotatable bonds is 6. The smallest absolute Gasteiger partial charge is 0.409 e. The van der Waals surface area contributed by atoms with Crippen molar-refractivity contribution in [3.8, 4) is 5.75 Å². The lowest BCUT2D eigenvalue weighted by atomic mass is 10.1. The average molecular weight is 352 g/mol. The third-order valence-electron chi connectivity index (χ3n) is 3.81. The maximum absolute atomic E-state index is 13.0. The van der Waals surface area contributed by atoms with Crippen molar-refractivity contribution < 1.29 is 18.7 Å². The van der Waals surface area contributed by atoms with Crippen LogP contribution in [-0.4, -0.2) is 55.8 Å². The number of carbonyl (C=O) groups is 1. The Kier molecular flexibility index (Phi) is 7.31. The first-order valence-corrected chi connectivity index (χ1v) is 8.45. The van der Waals surface area contributed by atoms with Crippen molar-refractivity contribution in [1.29, 1.82) is 0 Å². The van der Waals surface area contributed by atoms with Gasteiger partial charge in [0, 0.05) is 25.2 Å². The summed E-state index contributed by atoms with van der Waals surface area (Å²) >= 11 is 0. The molecule has 1 aromatic carbocycles. The highest BCUT2D eigenvalue weighted by Crippen LogP contribution is 2.12. The predicted molar refractivity (Wildman–Crippen MR) is 93.1 cm³/mol. The lowest BCUT2D eigenvalue weighted by Gasteiger charge is -2.31. The molecule has 1 amide bonds. The molecule has 0 aliphatic carbocycles. The molecule has 25 heavy (non-hydrogen) atoms. The summed E-state index contributed by atoms with van der Waals surface area (Å²) in [5.74, 6) is 0.474. The van der Waals surface area contributed by atoms with Crippen molar-refractivity contribution in [2.24, 2.45) is 10.7 Å². The molecular weight excluding hydrogens is 327 g/mol. The summed E-state index contributed by atoms with van der Waals surface area (Å²) in [6.45, 7) is 4.12. The second-order valence-corrected chi connectivity index (χ2v) is 5.68. The Morgan fingerprint density at radius 1 is 1.44 bits per heavy atom. The monoisotopic (exact) mass is 352 g/mol. The predicted octanol–water partition coefficient (Wildman–Crippen LogP) is 1.73. The van der Waals surface area contributed by atoms with E-state index in [-0.39, 0.29) is 18.0 Å². The number of nitrogens with one attached hydrogen (secondary N) is 1. The number of benzene rings is 1. The second kappa shape index (κ2) is 9.71. The van der Waals surface area contributed by atoms with Crippen LogP contribution in [0.25, 0.3) is 0 Å². The minimum absolute atomic E-state index is 0.179. The summed E-state index contributed by atoms with van der Waals surface area (Å²) in [5.41, 5.74) is 5.87. The van der Waals surface area contributed by atoms with Crippen LogP contribution in [0.15, 0.2) is 29.3 Å². The fourth-order valence-corrected chi connectivity index (χ4v) is 2.56. The van der Waals surface area contributed by atoms with Crippen molar-refractivity contribution >= 4 is 12.1 Å². The molecule has 1 fully saturated rings. The highest BCUT2D eigenvalue weighted by Gasteiger charge is 2.23. The minimum Gasteiger partial charge on any atom is -0.492 e. The molecule has 1 aliphatic rings. The summed E-state index contributed by atoms with van der Waals surface area (Å²) < 4.78 is 23.4. The number of piperidine rings is 1. The Labute approximate surface area is 147 Å². The number of hydrogen-bond acceptors (Lipinski definition) is 4. The van der Waals surface area contributed by atoms with Gasteiger partial charge >= 0.3 is 6.09 Å². The van der Waals surface area contributed by atoms with Gasteiger partial charge in [0.2, 0.25) is 0 Å². The zero-order valence-corrected chi connectivity index (χ0v) is 14.4. The molecule has 0 unspecified atom stereocenters. The van der Waals surface area contributed by atoms with Crippen molar-refractivity contribution in [2.45, 2.75) is 25.8 Å². The van der Waals surface area contributed by atoms with E-state index in [4.69, 9.17) is 15.2 Å². The van der Waals surface area contributed by atoms with Crippen LogP contribution in [0.5, 0.6) is 5.75 Å². The molecule has 1 saturated heterocycles. The van der Waals surface area contributed by atoms with Crippen LogP contribution in [0.1, 0.15) is 19.8 Å². The zero-order valence-electron chi connectivity index (χ0n) is 14.4. The van der Waals surface area contributed by atoms with Crippen LogP contribution in [0.2, 0.25) is 0 Å². The number of carbonyl (C=O) groups excluding carboxylic acids is 1. The van der Waals surface area contributed by atoms with E-state index in [1.165, 1.54) is 12.1 Å². The van der Waals surface area contributed by atoms with Gasteiger partial charge in [0.15, 0.2) is 5.96 Å². The van der Waals surface area contributed by atoms with Crippen LogP contribution in [0.4, 0.5) is 9.18 Å². The topological polar surface area (TPSA) is 89.2 Å². The van der Waals surface area contributed by atoms with Gasteiger partial charge < -0.3 is 25.4 Å². The van der Waals surface area contributed by atoms with Crippen LogP contribution >= 0.6 is 0 Å². The lowest BCUT2D eigenvalue weighted by molar-refractivity contribution is 0.0963. The number of amides is 1. The molecule has 1 heterocycles. The molecule has 2 rings (SSSR count). The molecule has 3 N–H and O–H groups in total. The fraction of sp³-hybridized carbons (Fsp3) is 0.529. The first kappa shape index (κ1) is 18.8. The van der Waals surface area contributed by atoms with Crippen molar-refractivity contribution in [3.05, 3.63) is 30.1 Å². The number of likely N-dealkylation sites (tertiary alicyclic amines) is 1. The SMILES string of the molecule is CCOC(=O)N1CCC(NC(N)=NCCOc2cccc(F)c2)CC1. The molecule has 7 nitrogen and oxygen atoms in total. The number of aliphatic imine (C=N–C) groups is 1. The van der Waals surface area contributed by atoms with Gasteiger partial charge in [0.1, 0.15) is 18.2 Å². The largest absolute Gasteiger partial charge is 0.492 e. The van der Waals surface area contributed by atoms with E-state index in [1.807, 2.05) is 0 Å². The molecule has 0 bridgehead atoms. The van der Waals surface area contributed by atoms with Crippen LogP contribution < -0.4 is 15.8 Å². The number of nitrogens with zero attached hydrogens (tertiary/aromatic N) is 2. The number of guanidine groups is 1. The van der Waals surface area contributed by atoms with Gasteiger partial charge in [0.05, 0.1) is 13.2 Å². The second-order valence-electron chi connectivity index (χ2n) is 5.68. The summed E-state index contributed by atoms with van der Waals surface area (Å²) in [5, 5.41) is 3.15. The fourth-order valence-electron chi connectivity index (χ4n) is 2.56. The Hall–Kier alpha value is -2.51. The maximum Gasteiger partial charge on any atom is 0.409 e. The van der Waals surface area contributed by atoms with Gasteiger partial charge in [0.25, 0.3) is 0 Å². The Morgan fingerprint density at radius 3 is 2.88 bits per heavy atom. The van der Waals surface area contributed by atoms with Gasteiger partial charge in [-0.05, 0) is 31.9 Å². The summed E-state index contributed by atoms with van der Waals surface area (Å²) in [4.78, 5) is 17.5. The van der Waals surface area contributed by atoms with Crippen molar-refractivity contribution in [3.63, 3.8) is 0 Å². The Morgan fingerprint density at radius 2 is 2.20 bits per heavy atom. The molecule has 0 aromatic heterocycles. The van der Waals surface area contributed by atoms with Crippen molar-refractivity contribution in [1.82, 2.24) is 10.2 Å². The first-order chi connectivity index (χ1) is 12.1. The summed E-state index contributed by atoms with van der Waals surface area (Å²) in [6.07, 6.45) is 1.31. The van der Waals surface area contributed by atoms with Crippen LogP contribution in [0, 0.1) is 5.82 Å². The van der Waals surface area contributed by atoms with Crippen molar-refractivity contribution in [2.75, 3.05) is 32.8 Å². The van der Waals surface area contributed by atoms with Crippen LogP contribution in [-0.2, 0) is 4.74 Å². The zero-order chi connectivity index (χ0) is 18.1. The maximum atomic E-state index is 13.0. The van der Waals surface area contributed by atoms with Gasteiger partial charge in [-0.3, -0.25) is 0 Å². The molecule has 1 aromatic rings. The lowest BCUT2D eigenvalue weighted by Crippen LogP contribution is -2.48. The Bertz CT molecular complexity index is 589. The highest BCUT2D eigenvalue weighted by molar-refractivity contribution is 5.78. The van der Waals surface area contributed by atoms with Gasteiger partial charge in [-0.1, -0.05) is 6.07 Å². The molecule has 0 saturated carbocycles. The molecular formula is C17H25FN4O3. The first-order valence-electron chi connectivity index (χ1n) is 8.45. The Balaban J connectivity index is 1.65. The molecule has 1 aliphatic heterocycles. The highest BCUT2D eigenvalue weighted by atomic mass is 19.1. The van der Waals surface area contributed by atoms with E-state index in [9.17, 15) is 9.18 Å². The number of hydrogen-bond donors (Lipinski definition) is 2. The number of ether oxygens (including phenoxy) is 2. The molecule has 138 valence electrons. The quantitative estimate of drug-likeness (QED) is 0.462. The van der Waals surface area contributed by atoms with Gasteiger partial charge in [-0.2, -0.15) is 0 Å². The average Bonchev–Trinajstić information content (AvgIpc) is 2.60. The third kappa shape index (κ3) is 6.48. The molecule has 0 spiro atoms. The summed E-state index contributed by atoms with van der Waals surface area (Å²) in [6, 6.07) is 6.14. The van der Waals surface area contributed by atoms with E-state index in [1.54, 1.807) is 24.0 Å². The molecule has 8 heteroatoms. The minimum atomic E-state index is -0.337. The van der Waals surface area contributed by atoms with Gasteiger partial charge in [-0.15, -0.1) is 0 Å². The number of halogens is 1. The number of nitrogens with two attached hydrogens (primary N) is 1. The molecule has 0 radical (unpaired) electrons.